The van der Waals surface area contributed by atoms with Crippen LogP contribution in [0.15, 0.2) is 35.4 Å². The molecule has 2 rings (SSSR count). The van der Waals surface area contributed by atoms with Crippen molar-refractivity contribution >= 4 is 6.09 Å². The lowest BCUT2D eigenvalue weighted by Crippen LogP contribution is -2.45. The molecular formula is C19H28N4O2. The number of benzene rings is 1. The smallest absolute Gasteiger partial charge is 0.407 e. The van der Waals surface area contributed by atoms with Crippen LogP contribution in [-0.2, 0) is 11.2 Å². The number of ether oxygens (including phenoxy) is 1. The number of hydrogen-bond donors (Lipinski definition) is 1. The van der Waals surface area contributed by atoms with Gasteiger partial charge in [0.15, 0.2) is 0 Å². The second-order valence-corrected chi connectivity index (χ2v) is 7.15. The minimum absolute atomic E-state index is 0.0143. The molecule has 1 fully saturated rings. The molecule has 0 unspecified atom stereocenters. The number of azide groups is 1. The molecule has 6 nitrogen and oxygen atoms in total. The Morgan fingerprint density at radius 1 is 1.32 bits per heavy atom. The molecule has 0 spiro atoms. The Labute approximate surface area is 149 Å². The highest BCUT2D eigenvalue weighted by atomic mass is 16.6. The van der Waals surface area contributed by atoms with Crippen molar-refractivity contribution in [3.05, 3.63) is 46.3 Å². The second-order valence-electron chi connectivity index (χ2n) is 7.15. The van der Waals surface area contributed by atoms with Gasteiger partial charge in [-0.15, -0.1) is 0 Å². The van der Waals surface area contributed by atoms with Gasteiger partial charge in [-0.05, 0) is 55.5 Å². The summed E-state index contributed by atoms with van der Waals surface area (Å²) < 4.78 is 5.53. The molecule has 0 saturated heterocycles. The third kappa shape index (κ3) is 6.67. The minimum Gasteiger partial charge on any atom is -0.446 e. The Kier molecular flexibility index (Phi) is 7.61. The van der Waals surface area contributed by atoms with Gasteiger partial charge in [0.2, 0.25) is 0 Å². The van der Waals surface area contributed by atoms with E-state index < -0.39 is 6.09 Å². The van der Waals surface area contributed by atoms with E-state index >= 15 is 0 Å². The number of rotatable bonds is 8. The molecule has 25 heavy (non-hydrogen) atoms. The van der Waals surface area contributed by atoms with Crippen molar-refractivity contribution in [1.29, 1.82) is 0 Å². The maximum atomic E-state index is 12.3. The molecule has 1 aliphatic rings. The normalized spacial score (nSPS) is 16.9. The van der Waals surface area contributed by atoms with Gasteiger partial charge >= 0.3 is 6.09 Å². The first-order chi connectivity index (χ1) is 12.1. The highest BCUT2D eigenvalue weighted by Crippen LogP contribution is 2.22. The monoisotopic (exact) mass is 344 g/mol. The highest BCUT2D eigenvalue weighted by Gasteiger charge is 2.26. The van der Waals surface area contributed by atoms with Crippen LogP contribution in [0, 0.1) is 5.92 Å². The Bertz CT molecular complexity index is 578. The Balaban J connectivity index is 2.08. The summed E-state index contributed by atoms with van der Waals surface area (Å²) in [6, 6.07) is 9.33. The predicted octanol–water partition coefficient (Wildman–Crippen LogP) is 4.99. The number of hydrogen-bond acceptors (Lipinski definition) is 3. The van der Waals surface area contributed by atoms with Crippen molar-refractivity contribution in [2.75, 3.05) is 0 Å². The molecule has 0 heterocycles. The van der Waals surface area contributed by atoms with Crippen LogP contribution in [-0.4, -0.2) is 24.3 Å². The van der Waals surface area contributed by atoms with Gasteiger partial charge in [0.05, 0.1) is 6.04 Å². The Morgan fingerprint density at radius 2 is 2.00 bits per heavy atom. The van der Waals surface area contributed by atoms with Crippen LogP contribution in [0.25, 0.3) is 10.4 Å². The van der Waals surface area contributed by atoms with Crippen molar-refractivity contribution in [1.82, 2.24) is 5.32 Å². The third-order valence-corrected chi connectivity index (χ3v) is 4.55. The first-order valence-electron chi connectivity index (χ1n) is 9.13. The van der Waals surface area contributed by atoms with Gasteiger partial charge in [-0.25, -0.2) is 4.79 Å². The molecule has 1 saturated carbocycles. The number of carbonyl (C=O) groups excluding carboxylic acids is 1. The molecular weight excluding hydrogens is 316 g/mol. The topological polar surface area (TPSA) is 87.1 Å². The summed E-state index contributed by atoms with van der Waals surface area (Å²) in [6.45, 7) is 4.16. The van der Waals surface area contributed by atoms with Crippen molar-refractivity contribution < 1.29 is 9.53 Å². The Hall–Kier alpha value is -2.20. The number of nitrogens with one attached hydrogen (secondary N) is 1. The largest absolute Gasteiger partial charge is 0.446 e. The van der Waals surface area contributed by atoms with E-state index in [9.17, 15) is 4.79 Å². The van der Waals surface area contributed by atoms with E-state index in [1.54, 1.807) is 0 Å². The van der Waals surface area contributed by atoms with Gasteiger partial charge in [-0.2, -0.15) is 0 Å². The molecule has 1 N–H and O–H groups in total. The van der Waals surface area contributed by atoms with E-state index in [1.807, 2.05) is 30.3 Å². The molecule has 0 aliphatic heterocycles. The van der Waals surface area contributed by atoms with Crippen LogP contribution in [0.4, 0.5) is 4.79 Å². The lowest BCUT2D eigenvalue weighted by Gasteiger charge is -2.26. The zero-order valence-electron chi connectivity index (χ0n) is 15.1. The van der Waals surface area contributed by atoms with E-state index in [1.165, 1.54) is 0 Å². The van der Waals surface area contributed by atoms with E-state index in [-0.39, 0.29) is 18.2 Å². The van der Waals surface area contributed by atoms with Crippen LogP contribution < -0.4 is 5.32 Å². The molecule has 1 amide bonds. The molecule has 1 aromatic rings. The standard InChI is InChI=1S/C19H28N4O2/c1-14(2)12-18(22-23-20)17(13-15-8-4-3-5-9-15)21-19(24)25-16-10-6-7-11-16/h3-5,8-9,14,16-18H,6-7,10-13H2,1-2H3,(H,21,24)/t17-,18+/m0/s1. The van der Waals surface area contributed by atoms with Crippen LogP contribution >= 0.6 is 0 Å². The van der Waals surface area contributed by atoms with Crippen molar-refractivity contribution in [3.8, 4) is 0 Å². The molecule has 136 valence electrons. The first-order valence-corrected chi connectivity index (χ1v) is 9.13. The minimum atomic E-state index is -0.408. The molecule has 1 aliphatic carbocycles. The van der Waals surface area contributed by atoms with Gasteiger partial charge in [0.1, 0.15) is 6.10 Å². The van der Waals surface area contributed by atoms with Crippen LogP contribution in [0.1, 0.15) is 51.5 Å². The summed E-state index contributed by atoms with van der Waals surface area (Å²) in [4.78, 5) is 15.3. The number of alkyl carbamates (subject to hydrolysis) is 1. The van der Waals surface area contributed by atoms with E-state index in [4.69, 9.17) is 10.3 Å². The van der Waals surface area contributed by atoms with Gasteiger partial charge in [0, 0.05) is 11.0 Å². The molecule has 0 bridgehead atoms. The van der Waals surface area contributed by atoms with Gasteiger partial charge in [-0.3, -0.25) is 0 Å². The summed E-state index contributed by atoms with van der Waals surface area (Å²) >= 11 is 0. The third-order valence-electron chi connectivity index (χ3n) is 4.55. The maximum absolute atomic E-state index is 12.3. The first kappa shape index (κ1) is 19.1. The van der Waals surface area contributed by atoms with Crippen LogP contribution in [0.5, 0.6) is 0 Å². The zero-order chi connectivity index (χ0) is 18.1. The van der Waals surface area contributed by atoms with E-state index in [0.29, 0.717) is 18.8 Å². The lowest BCUT2D eigenvalue weighted by atomic mass is 9.93. The Morgan fingerprint density at radius 3 is 2.60 bits per heavy atom. The predicted molar refractivity (Wildman–Crippen MR) is 98.2 cm³/mol. The number of carbonyl (C=O) groups is 1. The SMILES string of the molecule is CC(C)C[C@@H](N=[N+]=[N-])[C@H](Cc1ccccc1)NC(=O)OC1CCCC1. The summed E-state index contributed by atoms with van der Waals surface area (Å²) in [5.41, 5.74) is 10.0. The number of nitrogens with zero attached hydrogens (tertiary/aromatic N) is 3. The van der Waals surface area contributed by atoms with E-state index in [2.05, 4.69) is 29.2 Å². The van der Waals surface area contributed by atoms with Gasteiger partial charge < -0.3 is 10.1 Å². The summed E-state index contributed by atoms with van der Waals surface area (Å²) in [5.74, 6) is 0.362. The van der Waals surface area contributed by atoms with Crippen LogP contribution in [0.2, 0.25) is 0 Å². The summed E-state index contributed by atoms with van der Waals surface area (Å²) in [6.07, 6.45) is 5.02. The van der Waals surface area contributed by atoms with Crippen molar-refractivity contribution in [2.24, 2.45) is 11.0 Å². The van der Waals surface area contributed by atoms with Crippen molar-refractivity contribution in [3.63, 3.8) is 0 Å². The molecule has 0 radical (unpaired) electrons. The highest BCUT2D eigenvalue weighted by molar-refractivity contribution is 5.68. The summed E-state index contributed by atoms with van der Waals surface area (Å²) in [7, 11) is 0. The summed E-state index contributed by atoms with van der Waals surface area (Å²) in [5, 5.41) is 6.91. The molecule has 0 aromatic heterocycles. The molecule has 6 heteroatoms. The quantitative estimate of drug-likeness (QED) is 0.409. The van der Waals surface area contributed by atoms with Crippen LogP contribution in [0.3, 0.4) is 0 Å². The fraction of sp³-hybridized carbons (Fsp3) is 0.632. The average Bonchev–Trinajstić information content (AvgIpc) is 3.07. The fourth-order valence-corrected chi connectivity index (χ4v) is 3.34. The average molecular weight is 344 g/mol. The van der Waals surface area contributed by atoms with Crippen molar-refractivity contribution in [2.45, 2.75) is 70.6 Å². The fourth-order valence-electron chi connectivity index (χ4n) is 3.34. The molecule has 2 atom stereocenters. The maximum Gasteiger partial charge on any atom is 0.407 e. The lowest BCUT2D eigenvalue weighted by molar-refractivity contribution is 0.0962. The van der Waals surface area contributed by atoms with Gasteiger partial charge in [0.25, 0.3) is 0 Å². The number of amides is 1. The zero-order valence-corrected chi connectivity index (χ0v) is 15.1. The molecule has 1 aromatic carbocycles. The van der Waals surface area contributed by atoms with Gasteiger partial charge in [-0.1, -0.05) is 49.3 Å². The van der Waals surface area contributed by atoms with E-state index in [0.717, 1.165) is 31.2 Å². The second kappa shape index (κ2) is 9.94.